The molecule has 9 nitrogen and oxygen atoms in total. The number of hydrogen-bond acceptors (Lipinski definition) is 8. The van der Waals surface area contributed by atoms with Crippen molar-refractivity contribution in [2.24, 2.45) is 0 Å². The summed E-state index contributed by atoms with van der Waals surface area (Å²) in [7, 11) is 0. The number of benzene rings is 1. The first-order chi connectivity index (χ1) is 15.9. The Kier molecular flexibility index (Phi) is 7.33. The molecule has 176 valence electrons. The highest BCUT2D eigenvalue weighted by Crippen LogP contribution is 2.28. The maximum absolute atomic E-state index is 14.7. The minimum atomic E-state index is -0.861. The molecule has 2 amide bonds. The number of carbonyl (C=O) groups excluding carboxylic acids is 3. The van der Waals surface area contributed by atoms with Gasteiger partial charge in [-0.25, -0.2) is 9.18 Å². The Balaban J connectivity index is 1.31. The highest BCUT2D eigenvalue weighted by molar-refractivity contribution is 7.12. The summed E-state index contributed by atoms with van der Waals surface area (Å²) in [5, 5.41) is 17.3. The van der Waals surface area contributed by atoms with Gasteiger partial charge in [0.2, 0.25) is 5.91 Å². The Hall–Kier alpha value is -2.86. The lowest BCUT2D eigenvalue weighted by Gasteiger charge is -2.30. The van der Waals surface area contributed by atoms with E-state index in [1.165, 1.54) is 22.3 Å². The Morgan fingerprint density at radius 1 is 1.30 bits per heavy atom. The molecule has 4 rings (SSSR count). The number of hydrogen-bond donors (Lipinski definition) is 1. The van der Waals surface area contributed by atoms with Gasteiger partial charge in [0.15, 0.2) is 5.78 Å². The third-order valence-electron chi connectivity index (χ3n) is 5.45. The minimum absolute atomic E-state index is 0.000744. The first kappa shape index (κ1) is 23.3. The normalized spacial score (nSPS) is 20.5. The van der Waals surface area contributed by atoms with Crippen LogP contribution in [0.5, 0.6) is 0 Å². The lowest BCUT2D eigenvalue weighted by atomic mass is 10.1. The van der Waals surface area contributed by atoms with E-state index >= 15 is 0 Å². The second kappa shape index (κ2) is 10.4. The molecule has 2 aromatic rings. The first-order valence-electron chi connectivity index (χ1n) is 10.6. The van der Waals surface area contributed by atoms with E-state index in [4.69, 9.17) is 9.47 Å². The number of cyclic esters (lactones) is 1. The lowest BCUT2D eigenvalue weighted by Crippen LogP contribution is -2.35. The van der Waals surface area contributed by atoms with E-state index in [1.807, 2.05) is 0 Å². The predicted molar refractivity (Wildman–Crippen MR) is 119 cm³/mol. The van der Waals surface area contributed by atoms with Crippen molar-refractivity contribution in [1.82, 2.24) is 10.4 Å². The summed E-state index contributed by atoms with van der Waals surface area (Å²) >= 11 is 1.27. The number of thiophene rings is 1. The third kappa shape index (κ3) is 5.56. The summed E-state index contributed by atoms with van der Waals surface area (Å²) in [4.78, 5) is 38.1. The number of amides is 2. The van der Waals surface area contributed by atoms with Gasteiger partial charge in [-0.3, -0.25) is 14.5 Å². The van der Waals surface area contributed by atoms with Crippen LogP contribution in [0.2, 0.25) is 0 Å². The number of nitrogens with one attached hydrogen (secondary N) is 1. The fourth-order valence-corrected chi connectivity index (χ4v) is 4.42. The Labute approximate surface area is 193 Å². The molecule has 2 aliphatic rings. The molecule has 33 heavy (non-hydrogen) atoms. The Morgan fingerprint density at radius 2 is 2.15 bits per heavy atom. The van der Waals surface area contributed by atoms with Crippen LogP contribution in [-0.2, 0) is 14.3 Å². The maximum Gasteiger partial charge on any atom is 0.414 e. The van der Waals surface area contributed by atoms with Crippen LogP contribution in [0.25, 0.3) is 0 Å². The summed E-state index contributed by atoms with van der Waals surface area (Å²) < 4.78 is 25.4. The van der Waals surface area contributed by atoms with Crippen molar-refractivity contribution in [2.45, 2.75) is 25.0 Å². The van der Waals surface area contributed by atoms with Gasteiger partial charge in [-0.2, -0.15) is 0 Å². The van der Waals surface area contributed by atoms with Gasteiger partial charge in [0.25, 0.3) is 0 Å². The standard InChI is InChI=1S/C22H23FN3O6S/c23-17-10-14(3-4-16(17)19-11-24-7-8-31-19)25-12-15(32-22(25)29)13-26(30)21(28)6-5-18(27)20-2-1-9-33-20/h1-4,9-10,15,19,24H,5-8,11-13H2/q-1/t15-,19?/m0/s1. The molecule has 0 radical (unpaired) electrons. The fourth-order valence-electron chi connectivity index (χ4n) is 3.73. The lowest BCUT2D eigenvalue weighted by molar-refractivity contribution is -0.129. The molecule has 0 spiro atoms. The van der Waals surface area contributed by atoms with Gasteiger partial charge in [0, 0.05) is 38.0 Å². The molecule has 3 heterocycles. The maximum atomic E-state index is 14.7. The zero-order valence-corrected chi connectivity index (χ0v) is 18.5. The summed E-state index contributed by atoms with van der Waals surface area (Å²) in [6.45, 7) is 1.33. The molecule has 2 fully saturated rings. The number of ketones is 1. The molecule has 2 saturated heterocycles. The van der Waals surface area contributed by atoms with Crippen LogP contribution < -0.4 is 10.2 Å². The molecule has 1 unspecified atom stereocenters. The second-order valence-corrected chi connectivity index (χ2v) is 8.69. The SMILES string of the molecule is O=C(CCC(=O)N([O-])C[C@@H]1CN(c2ccc(C3CNCCO3)c(F)c2)C(=O)O1)c1cccs1. The van der Waals surface area contributed by atoms with Crippen LogP contribution in [0.4, 0.5) is 14.9 Å². The number of anilines is 1. The van der Waals surface area contributed by atoms with Crippen LogP contribution in [0.15, 0.2) is 35.7 Å². The van der Waals surface area contributed by atoms with E-state index in [2.05, 4.69) is 5.32 Å². The van der Waals surface area contributed by atoms with Crippen molar-refractivity contribution >= 4 is 34.8 Å². The third-order valence-corrected chi connectivity index (χ3v) is 6.36. The second-order valence-electron chi connectivity index (χ2n) is 7.74. The number of morpholine rings is 1. The fraction of sp³-hybridized carbons (Fsp3) is 0.409. The van der Waals surface area contributed by atoms with Crippen LogP contribution in [0.3, 0.4) is 0 Å². The molecule has 0 aliphatic carbocycles. The van der Waals surface area contributed by atoms with Crippen LogP contribution in [0.1, 0.15) is 34.2 Å². The van der Waals surface area contributed by atoms with Gasteiger partial charge in [-0.1, -0.05) is 12.1 Å². The Morgan fingerprint density at radius 3 is 2.85 bits per heavy atom. The largest absolute Gasteiger partial charge is 0.756 e. The van der Waals surface area contributed by atoms with Gasteiger partial charge >= 0.3 is 6.09 Å². The van der Waals surface area contributed by atoms with E-state index < -0.39 is 30.0 Å². The summed E-state index contributed by atoms with van der Waals surface area (Å²) in [6.07, 6.45) is -2.29. The summed E-state index contributed by atoms with van der Waals surface area (Å²) in [5.41, 5.74) is 0.682. The smallest absolute Gasteiger partial charge is 0.414 e. The molecule has 11 heteroatoms. The van der Waals surface area contributed by atoms with E-state index in [9.17, 15) is 24.0 Å². The van der Waals surface area contributed by atoms with Crippen molar-refractivity contribution in [3.8, 4) is 0 Å². The van der Waals surface area contributed by atoms with Gasteiger partial charge in [-0.05, 0) is 23.6 Å². The number of rotatable bonds is 8. The van der Waals surface area contributed by atoms with Gasteiger partial charge in [0.1, 0.15) is 11.9 Å². The zero-order chi connectivity index (χ0) is 23.4. The highest BCUT2D eigenvalue weighted by atomic mass is 32.1. The molecule has 2 atom stereocenters. The Bertz CT molecular complexity index is 1010. The molecule has 1 aromatic heterocycles. The average molecular weight is 477 g/mol. The van der Waals surface area contributed by atoms with E-state index in [1.54, 1.807) is 29.6 Å². The summed E-state index contributed by atoms with van der Waals surface area (Å²) in [6, 6.07) is 7.79. The molecule has 0 bridgehead atoms. The zero-order valence-electron chi connectivity index (χ0n) is 17.7. The van der Waals surface area contributed by atoms with E-state index in [0.717, 1.165) is 0 Å². The number of nitrogens with zero attached hydrogens (tertiary/aromatic N) is 2. The topological polar surface area (TPSA) is 111 Å². The van der Waals surface area contributed by atoms with Crippen LogP contribution in [0, 0.1) is 11.0 Å². The monoisotopic (exact) mass is 476 g/mol. The van der Waals surface area contributed by atoms with Crippen molar-refractivity contribution in [3.05, 3.63) is 57.2 Å². The number of hydroxylamine groups is 2. The molecule has 0 saturated carbocycles. The molecule has 1 aromatic carbocycles. The quantitative estimate of drug-likeness (QED) is 0.461. The number of halogens is 1. The minimum Gasteiger partial charge on any atom is -0.756 e. The summed E-state index contributed by atoms with van der Waals surface area (Å²) in [5.74, 6) is -1.47. The van der Waals surface area contributed by atoms with Crippen molar-refractivity contribution in [2.75, 3.05) is 37.7 Å². The molecular weight excluding hydrogens is 453 g/mol. The van der Waals surface area contributed by atoms with Crippen LogP contribution >= 0.6 is 11.3 Å². The van der Waals surface area contributed by atoms with Gasteiger partial charge < -0.3 is 25.1 Å². The van der Waals surface area contributed by atoms with Gasteiger partial charge in [-0.15, -0.1) is 11.3 Å². The molecular formula is C22H23FN3O6S-. The first-order valence-corrected chi connectivity index (χ1v) is 11.4. The number of carbonyl (C=O) groups is 3. The van der Waals surface area contributed by atoms with E-state index in [-0.39, 0.29) is 42.5 Å². The molecule has 1 N–H and O–H groups in total. The van der Waals surface area contributed by atoms with Crippen LogP contribution in [-0.4, -0.2) is 61.7 Å². The molecule has 2 aliphatic heterocycles. The average Bonchev–Trinajstić information content (AvgIpc) is 3.48. The number of Topliss-reactive ketones (excluding diaryl/α,β-unsaturated/α-hetero) is 1. The van der Waals surface area contributed by atoms with Crippen molar-refractivity contribution in [1.29, 1.82) is 0 Å². The van der Waals surface area contributed by atoms with E-state index in [0.29, 0.717) is 30.1 Å². The van der Waals surface area contributed by atoms with Gasteiger partial charge in [0.05, 0.1) is 29.8 Å². The van der Waals surface area contributed by atoms with Crippen molar-refractivity contribution < 1.29 is 28.2 Å². The number of ether oxygens (including phenoxy) is 2. The van der Waals surface area contributed by atoms with Crippen molar-refractivity contribution in [3.63, 3.8) is 0 Å². The highest BCUT2D eigenvalue weighted by Gasteiger charge is 2.33. The predicted octanol–water partition coefficient (Wildman–Crippen LogP) is 2.86.